The van der Waals surface area contributed by atoms with Crippen molar-refractivity contribution in [3.8, 4) is 0 Å². The lowest BCUT2D eigenvalue weighted by Gasteiger charge is -2.22. The second-order valence-electron chi connectivity index (χ2n) is 16.7. The third-order valence-corrected chi connectivity index (χ3v) is 9.80. The summed E-state index contributed by atoms with van der Waals surface area (Å²) in [5, 5.41) is 17.7. The van der Waals surface area contributed by atoms with Crippen LogP contribution in [0, 0.1) is 0 Å². The molecule has 370 valence electrons. The highest BCUT2D eigenvalue weighted by Gasteiger charge is 2.14. The van der Waals surface area contributed by atoms with E-state index in [9.17, 15) is 0 Å². The van der Waals surface area contributed by atoms with Crippen molar-refractivity contribution < 1.29 is 29.2 Å². The van der Waals surface area contributed by atoms with Gasteiger partial charge in [-0.25, -0.2) is 0 Å². The average molecular weight is 928 g/mol. The van der Waals surface area contributed by atoms with Gasteiger partial charge in [-0.1, -0.05) is 121 Å². The number of hydrogen-bond donors (Lipinski definition) is 2. The maximum absolute atomic E-state index is 8.75. The molecule has 2 heterocycles. The van der Waals surface area contributed by atoms with Crippen molar-refractivity contribution in [3.05, 3.63) is 93.2 Å². The van der Waals surface area contributed by atoms with Gasteiger partial charge < -0.3 is 29.2 Å². The Bertz CT molecular complexity index is 1220. The first-order valence-corrected chi connectivity index (χ1v) is 24.8. The van der Waals surface area contributed by atoms with Crippen molar-refractivity contribution >= 4 is 23.2 Å². The number of ether oxygens (including phenoxy) is 4. The van der Waals surface area contributed by atoms with Crippen LogP contribution in [0.3, 0.4) is 0 Å². The highest BCUT2D eigenvalue weighted by atomic mass is 35.5. The third-order valence-electron chi connectivity index (χ3n) is 9.80. The van der Waals surface area contributed by atoms with E-state index >= 15 is 0 Å². The molecule has 0 aromatic heterocycles. The van der Waals surface area contributed by atoms with Crippen LogP contribution in [0.15, 0.2) is 93.2 Å². The van der Waals surface area contributed by atoms with E-state index in [4.69, 9.17) is 52.4 Å². The Kier molecular flexibility index (Phi) is 55.2. The lowest BCUT2D eigenvalue weighted by atomic mass is 10.1. The largest absolute Gasteiger partial charge is 0.392 e. The van der Waals surface area contributed by atoms with Crippen molar-refractivity contribution in [2.24, 2.45) is 0 Å². The molecule has 0 radical (unpaired) electrons. The molecule has 0 bridgehead atoms. The SMILES string of the molecule is C.C/C(=C\CO)CC/C=C(\C)COC1CCCCO1.CC/C=C(\C)CC/C=C(\C)CO.CC/C=C(\C)CC/C=C(\C)COC1CCCCO1.CC/C=C(\C)CCC=C(C)C.ClCCl. The van der Waals surface area contributed by atoms with Crippen molar-refractivity contribution in [3.63, 3.8) is 0 Å². The summed E-state index contributed by atoms with van der Waals surface area (Å²) in [6.45, 7) is 29.0. The van der Waals surface area contributed by atoms with Gasteiger partial charge in [-0.2, -0.15) is 0 Å². The normalized spacial score (nSPS) is 17.6. The summed E-state index contributed by atoms with van der Waals surface area (Å²) in [5.74, 6) is 0. The molecule has 2 aliphatic heterocycles. The number of halogens is 2. The molecule has 2 fully saturated rings. The molecule has 2 aliphatic rings. The van der Waals surface area contributed by atoms with Gasteiger partial charge in [0, 0.05) is 13.2 Å². The summed E-state index contributed by atoms with van der Waals surface area (Å²) in [6.07, 6.45) is 36.8. The van der Waals surface area contributed by atoms with E-state index in [1.54, 1.807) is 0 Å². The van der Waals surface area contributed by atoms with Gasteiger partial charge in [0.05, 0.1) is 31.8 Å². The minimum Gasteiger partial charge on any atom is -0.392 e. The first-order chi connectivity index (χ1) is 29.7. The van der Waals surface area contributed by atoms with Gasteiger partial charge in [-0.3, -0.25) is 0 Å². The van der Waals surface area contributed by atoms with Gasteiger partial charge in [-0.05, 0) is 171 Å². The maximum atomic E-state index is 8.75. The molecule has 6 nitrogen and oxygen atoms in total. The number of allylic oxidation sites excluding steroid dienone is 12. The van der Waals surface area contributed by atoms with Crippen LogP contribution >= 0.6 is 23.2 Å². The van der Waals surface area contributed by atoms with Crippen molar-refractivity contribution in [2.75, 3.05) is 45.0 Å². The van der Waals surface area contributed by atoms with Crippen molar-refractivity contribution in [2.45, 2.75) is 212 Å². The van der Waals surface area contributed by atoms with Gasteiger partial charge >= 0.3 is 0 Å². The topological polar surface area (TPSA) is 77.4 Å². The van der Waals surface area contributed by atoms with Gasteiger partial charge in [0.25, 0.3) is 0 Å². The molecular weight excluding hydrogens is 828 g/mol. The van der Waals surface area contributed by atoms with Gasteiger partial charge in [0.1, 0.15) is 0 Å². The predicted octanol–water partition coefficient (Wildman–Crippen LogP) is 17.0. The minimum absolute atomic E-state index is 0. The molecule has 2 unspecified atom stereocenters. The number of aliphatic hydroxyl groups is 2. The zero-order valence-electron chi connectivity index (χ0n) is 42.0. The molecule has 0 saturated carbocycles. The van der Waals surface area contributed by atoms with E-state index in [2.05, 4.69) is 112 Å². The number of rotatable bonds is 23. The number of hydrogen-bond acceptors (Lipinski definition) is 6. The molecule has 2 N–H and O–H groups in total. The van der Waals surface area contributed by atoms with Crippen LogP contribution in [0.1, 0.15) is 200 Å². The highest BCUT2D eigenvalue weighted by molar-refractivity contribution is 6.40. The first-order valence-electron chi connectivity index (χ1n) is 23.8. The molecule has 0 amide bonds. The Labute approximate surface area is 401 Å². The Morgan fingerprint density at radius 1 is 0.492 bits per heavy atom. The van der Waals surface area contributed by atoms with Crippen LogP contribution in [0.2, 0.25) is 0 Å². The van der Waals surface area contributed by atoms with Crippen LogP contribution < -0.4 is 0 Å². The molecule has 2 rings (SSSR count). The molecule has 0 spiro atoms. The summed E-state index contributed by atoms with van der Waals surface area (Å²) in [6, 6.07) is 0. The fraction of sp³-hybridized carbons (Fsp3) is 0.709. The van der Waals surface area contributed by atoms with Crippen LogP contribution in [-0.2, 0) is 18.9 Å². The predicted molar refractivity (Wildman–Crippen MR) is 280 cm³/mol. The lowest BCUT2D eigenvalue weighted by molar-refractivity contribution is -0.157. The van der Waals surface area contributed by atoms with Crippen LogP contribution in [0.4, 0.5) is 0 Å². The van der Waals surface area contributed by atoms with Crippen molar-refractivity contribution in [1.82, 2.24) is 0 Å². The Morgan fingerprint density at radius 2 is 0.825 bits per heavy atom. The third kappa shape index (κ3) is 52.8. The van der Waals surface area contributed by atoms with E-state index in [0.29, 0.717) is 13.2 Å². The molecule has 0 aliphatic carbocycles. The summed E-state index contributed by atoms with van der Waals surface area (Å²) in [4.78, 5) is 0. The quantitative estimate of drug-likeness (QED) is 0.0785. The summed E-state index contributed by atoms with van der Waals surface area (Å²) < 4.78 is 22.5. The van der Waals surface area contributed by atoms with Gasteiger partial charge in [0.2, 0.25) is 0 Å². The summed E-state index contributed by atoms with van der Waals surface area (Å²) in [7, 11) is 0. The van der Waals surface area contributed by atoms with Crippen LogP contribution in [0.25, 0.3) is 0 Å². The Morgan fingerprint density at radius 3 is 1.11 bits per heavy atom. The highest BCUT2D eigenvalue weighted by Crippen LogP contribution is 2.17. The lowest BCUT2D eigenvalue weighted by Crippen LogP contribution is -2.22. The van der Waals surface area contributed by atoms with Gasteiger partial charge in [0.15, 0.2) is 12.6 Å². The summed E-state index contributed by atoms with van der Waals surface area (Å²) >= 11 is 9.53. The Hall–Kier alpha value is -1.74. The zero-order valence-corrected chi connectivity index (χ0v) is 43.5. The molecule has 2 saturated heterocycles. The van der Waals surface area contributed by atoms with Crippen LogP contribution in [0.5, 0.6) is 0 Å². The molecule has 8 heteroatoms. The van der Waals surface area contributed by atoms with Gasteiger partial charge in [-0.15, -0.1) is 23.2 Å². The molecule has 0 aromatic rings. The van der Waals surface area contributed by atoms with E-state index in [0.717, 1.165) is 89.4 Å². The molecule has 0 aromatic carbocycles. The van der Waals surface area contributed by atoms with E-state index < -0.39 is 0 Å². The van der Waals surface area contributed by atoms with Crippen LogP contribution in [-0.4, -0.2) is 67.8 Å². The second kappa shape index (κ2) is 51.2. The minimum atomic E-state index is -0.00174. The van der Waals surface area contributed by atoms with Crippen molar-refractivity contribution in [1.29, 1.82) is 0 Å². The molecular formula is C55H100Cl2O6. The molecule has 2 atom stereocenters. The van der Waals surface area contributed by atoms with E-state index in [1.165, 1.54) is 77.5 Å². The van der Waals surface area contributed by atoms with E-state index in [1.807, 2.05) is 19.9 Å². The summed E-state index contributed by atoms with van der Waals surface area (Å²) in [5.41, 5.74) is 10.7. The first kappa shape index (κ1) is 67.8. The molecule has 63 heavy (non-hydrogen) atoms. The maximum Gasteiger partial charge on any atom is 0.158 e. The fourth-order valence-electron chi connectivity index (χ4n) is 6.15. The second-order valence-corrected chi connectivity index (χ2v) is 17.5. The monoisotopic (exact) mass is 927 g/mol. The standard InChI is InChI=1S/C16H28O2.C15H26O3.C11H20O.C11H20.CH2Cl2.CH4/c1-4-8-14(2)9-7-10-15(3)13-18-16-11-5-6-12-17-16;1-13(9-10-16)6-5-7-14(2)12-18-15-8-3-4-11-17-15;1-4-6-10(2)7-5-8-11(3)9-12;1-5-7-11(4)9-6-8-10(2)3;2-1-3;/h8,10,16H,4-7,9,11-13H2,1-3H3;7,9,15-16H,3-6,8,10-12H2,1-2H3;6,8,12H,4-5,7,9H2,1-3H3;7-8H,5-6,9H2,1-4H3;1H2;1H4/b14-8+,15-10+;13-9+,14-7+;10-6+,11-8+;11-7+;;. The zero-order chi connectivity index (χ0) is 47.2. The smallest absolute Gasteiger partial charge is 0.158 e. The Balaban J connectivity index is -0.000000366. The average Bonchev–Trinajstić information content (AvgIpc) is 3.24. The van der Waals surface area contributed by atoms with E-state index in [-0.39, 0.29) is 38.6 Å². The number of aliphatic hydroxyl groups excluding tert-OH is 2. The number of alkyl halides is 2. The fourth-order valence-corrected chi connectivity index (χ4v) is 6.15.